The normalized spacial score (nSPS) is 11.9. The lowest BCUT2D eigenvalue weighted by Gasteiger charge is -2.31. The molecule has 1 atom stereocenters. The lowest BCUT2D eigenvalue weighted by Crippen LogP contribution is -2.51. The third-order valence-electron chi connectivity index (χ3n) is 5.16. The maximum Gasteiger partial charge on any atom is 0.242 e. The van der Waals surface area contributed by atoms with E-state index < -0.39 is 6.04 Å². The molecule has 0 spiro atoms. The van der Waals surface area contributed by atoms with Crippen LogP contribution < -0.4 is 5.32 Å². The summed E-state index contributed by atoms with van der Waals surface area (Å²) in [6.45, 7) is 9.27. The van der Waals surface area contributed by atoms with Crippen molar-refractivity contribution in [1.29, 1.82) is 0 Å². The van der Waals surface area contributed by atoms with Crippen molar-refractivity contribution >= 4 is 11.8 Å². The zero-order chi connectivity index (χ0) is 21.2. The second-order valence-corrected chi connectivity index (χ2v) is 7.99. The first-order valence-electron chi connectivity index (χ1n) is 10.6. The summed E-state index contributed by atoms with van der Waals surface area (Å²) < 4.78 is 0. The van der Waals surface area contributed by atoms with Crippen LogP contribution in [0.4, 0.5) is 0 Å². The zero-order valence-electron chi connectivity index (χ0n) is 18.2. The molecule has 0 heterocycles. The van der Waals surface area contributed by atoms with Gasteiger partial charge in [0, 0.05) is 13.1 Å². The molecule has 2 aromatic rings. The number of hydrogen-bond acceptors (Lipinski definition) is 2. The molecule has 2 aromatic carbocycles. The van der Waals surface area contributed by atoms with E-state index in [1.807, 2.05) is 56.3 Å². The van der Waals surface area contributed by atoms with E-state index in [1.54, 1.807) is 4.90 Å². The highest BCUT2D eigenvalue weighted by atomic mass is 16.2. The van der Waals surface area contributed by atoms with Crippen LogP contribution in [-0.4, -0.2) is 35.8 Å². The van der Waals surface area contributed by atoms with Gasteiger partial charge in [0.25, 0.3) is 0 Å². The highest BCUT2D eigenvalue weighted by molar-refractivity contribution is 5.88. The van der Waals surface area contributed by atoms with Gasteiger partial charge in [0.15, 0.2) is 0 Å². The second kappa shape index (κ2) is 11.4. The molecule has 29 heavy (non-hydrogen) atoms. The highest BCUT2D eigenvalue weighted by Crippen LogP contribution is 2.14. The number of benzene rings is 2. The maximum atomic E-state index is 13.3. The highest BCUT2D eigenvalue weighted by Gasteiger charge is 2.28. The molecule has 0 unspecified atom stereocenters. The predicted molar refractivity (Wildman–Crippen MR) is 119 cm³/mol. The second-order valence-electron chi connectivity index (χ2n) is 7.99. The number of amides is 2. The lowest BCUT2D eigenvalue weighted by molar-refractivity contribution is -0.140. The molecular formula is C25H34N2O2. The van der Waals surface area contributed by atoms with Gasteiger partial charge in [0.05, 0.1) is 6.42 Å². The molecule has 0 radical (unpaired) electrons. The molecule has 0 fully saturated rings. The van der Waals surface area contributed by atoms with Crippen LogP contribution >= 0.6 is 0 Å². The number of hydrogen-bond donors (Lipinski definition) is 1. The van der Waals surface area contributed by atoms with E-state index in [-0.39, 0.29) is 11.8 Å². The Bertz CT molecular complexity index is 786. The summed E-state index contributed by atoms with van der Waals surface area (Å²) >= 11 is 0. The van der Waals surface area contributed by atoms with Crippen molar-refractivity contribution < 1.29 is 9.59 Å². The summed E-state index contributed by atoms with van der Waals surface area (Å²) in [6.07, 6.45) is 1.64. The topological polar surface area (TPSA) is 49.4 Å². The summed E-state index contributed by atoms with van der Waals surface area (Å²) in [5, 5.41) is 3.01. The summed E-state index contributed by atoms with van der Waals surface area (Å²) in [5.74, 6) is 0.311. The minimum absolute atomic E-state index is 0.00165. The molecule has 0 aromatic heterocycles. The molecule has 4 nitrogen and oxygen atoms in total. The van der Waals surface area contributed by atoms with Gasteiger partial charge in [-0.15, -0.1) is 0 Å². The molecule has 0 aliphatic rings. The Labute approximate surface area is 175 Å². The summed E-state index contributed by atoms with van der Waals surface area (Å²) in [4.78, 5) is 27.9. The molecule has 0 saturated heterocycles. The van der Waals surface area contributed by atoms with Crippen LogP contribution in [0.1, 0.15) is 43.9 Å². The zero-order valence-corrected chi connectivity index (χ0v) is 18.2. The Morgan fingerprint density at radius 2 is 1.66 bits per heavy atom. The van der Waals surface area contributed by atoms with Crippen molar-refractivity contribution in [3.8, 4) is 0 Å². The van der Waals surface area contributed by atoms with Gasteiger partial charge < -0.3 is 10.2 Å². The van der Waals surface area contributed by atoms with Gasteiger partial charge in [-0.05, 0) is 42.4 Å². The first-order chi connectivity index (χ1) is 13.9. The van der Waals surface area contributed by atoms with Crippen LogP contribution in [-0.2, 0) is 22.4 Å². The van der Waals surface area contributed by atoms with Crippen molar-refractivity contribution in [1.82, 2.24) is 10.2 Å². The van der Waals surface area contributed by atoms with Gasteiger partial charge in [-0.3, -0.25) is 9.59 Å². The molecule has 2 amide bonds. The number of aryl methyl sites for hydroxylation is 1. The van der Waals surface area contributed by atoms with E-state index in [2.05, 4.69) is 31.3 Å². The fourth-order valence-electron chi connectivity index (χ4n) is 3.39. The van der Waals surface area contributed by atoms with E-state index in [9.17, 15) is 9.59 Å². The molecule has 0 bridgehead atoms. The summed E-state index contributed by atoms with van der Waals surface area (Å²) in [6, 6.07) is 17.6. The standard InChI is InChI=1S/C25H34N2O2/c1-5-23(25(29)26-18-19(2)3)27(16-15-21-12-7-6-8-13-21)24(28)17-22-14-10-9-11-20(22)4/h6-14,19,23H,5,15-18H2,1-4H3,(H,26,29)/t23-/m1/s1. The SMILES string of the molecule is CC[C@H](C(=O)NCC(C)C)N(CCc1ccccc1)C(=O)Cc1ccccc1C. The van der Waals surface area contributed by atoms with Gasteiger partial charge in [-0.1, -0.05) is 75.4 Å². The predicted octanol–water partition coefficient (Wildman–Crippen LogP) is 4.16. The fourth-order valence-corrected chi connectivity index (χ4v) is 3.39. The van der Waals surface area contributed by atoms with E-state index in [4.69, 9.17) is 0 Å². The monoisotopic (exact) mass is 394 g/mol. The van der Waals surface area contributed by atoms with Crippen LogP contribution in [0.25, 0.3) is 0 Å². The van der Waals surface area contributed by atoms with Crippen molar-refractivity contribution in [2.45, 2.75) is 53.0 Å². The molecule has 0 saturated carbocycles. The number of nitrogens with zero attached hydrogens (tertiary/aromatic N) is 1. The first kappa shape index (κ1) is 22.7. The van der Waals surface area contributed by atoms with Crippen molar-refractivity contribution in [2.75, 3.05) is 13.1 Å². The Balaban J connectivity index is 2.19. The van der Waals surface area contributed by atoms with Crippen LogP contribution in [0, 0.1) is 12.8 Å². The molecular weight excluding hydrogens is 360 g/mol. The minimum Gasteiger partial charge on any atom is -0.354 e. The third-order valence-corrected chi connectivity index (χ3v) is 5.16. The molecule has 1 N–H and O–H groups in total. The summed E-state index contributed by atoms with van der Waals surface area (Å²) in [5.41, 5.74) is 3.28. The maximum absolute atomic E-state index is 13.3. The number of carbonyl (C=O) groups is 2. The minimum atomic E-state index is -0.450. The number of rotatable bonds is 10. The van der Waals surface area contributed by atoms with Crippen molar-refractivity contribution in [3.05, 3.63) is 71.3 Å². The molecule has 0 aliphatic carbocycles. The van der Waals surface area contributed by atoms with Crippen LogP contribution in [0.3, 0.4) is 0 Å². The van der Waals surface area contributed by atoms with E-state index >= 15 is 0 Å². The van der Waals surface area contributed by atoms with Gasteiger partial charge in [-0.25, -0.2) is 0 Å². The smallest absolute Gasteiger partial charge is 0.242 e. The number of carbonyl (C=O) groups excluding carboxylic acids is 2. The van der Waals surface area contributed by atoms with Crippen LogP contribution in [0.15, 0.2) is 54.6 Å². The first-order valence-corrected chi connectivity index (χ1v) is 10.6. The van der Waals surface area contributed by atoms with E-state index in [1.165, 1.54) is 5.56 Å². The van der Waals surface area contributed by atoms with Crippen molar-refractivity contribution in [2.24, 2.45) is 5.92 Å². The lowest BCUT2D eigenvalue weighted by atomic mass is 10.0. The molecule has 156 valence electrons. The average molecular weight is 395 g/mol. The van der Waals surface area contributed by atoms with Gasteiger partial charge in [0.2, 0.25) is 11.8 Å². The van der Waals surface area contributed by atoms with Crippen molar-refractivity contribution in [3.63, 3.8) is 0 Å². The quantitative estimate of drug-likeness (QED) is 0.658. The molecule has 4 heteroatoms. The van der Waals surface area contributed by atoms with Gasteiger partial charge >= 0.3 is 0 Å². The number of nitrogens with one attached hydrogen (secondary N) is 1. The summed E-state index contributed by atoms with van der Waals surface area (Å²) in [7, 11) is 0. The Morgan fingerprint density at radius 3 is 2.28 bits per heavy atom. The van der Waals surface area contributed by atoms with Gasteiger partial charge in [0.1, 0.15) is 6.04 Å². The van der Waals surface area contributed by atoms with Crippen LogP contribution in [0.2, 0.25) is 0 Å². The largest absolute Gasteiger partial charge is 0.354 e. The van der Waals surface area contributed by atoms with E-state index in [0.29, 0.717) is 31.8 Å². The van der Waals surface area contributed by atoms with Gasteiger partial charge in [-0.2, -0.15) is 0 Å². The molecule has 0 aliphatic heterocycles. The van der Waals surface area contributed by atoms with Crippen LogP contribution in [0.5, 0.6) is 0 Å². The Morgan fingerprint density at radius 1 is 1.00 bits per heavy atom. The Kier molecular flexibility index (Phi) is 8.91. The Hall–Kier alpha value is -2.62. The third kappa shape index (κ3) is 7.04. The van der Waals surface area contributed by atoms with E-state index in [0.717, 1.165) is 17.5 Å². The fraction of sp³-hybridized carbons (Fsp3) is 0.440. The molecule has 2 rings (SSSR count). The average Bonchev–Trinajstić information content (AvgIpc) is 2.71.